The molecule has 0 spiro atoms. The normalized spacial score (nSPS) is 11.3. The van der Waals surface area contributed by atoms with E-state index in [4.69, 9.17) is 16.3 Å². The monoisotopic (exact) mass is 438 g/mol. The number of sulfonamides is 1. The fraction of sp³-hybridized carbons (Fsp3) is 0.381. The van der Waals surface area contributed by atoms with Crippen molar-refractivity contribution in [3.63, 3.8) is 0 Å². The van der Waals surface area contributed by atoms with Crippen molar-refractivity contribution >= 4 is 33.2 Å². The van der Waals surface area contributed by atoms with Crippen molar-refractivity contribution < 1.29 is 17.9 Å². The minimum atomic E-state index is -3.65. The second kappa shape index (κ2) is 10.5. The first kappa shape index (κ1) is 23.0. The molecule has 0 bridgehead atoms. The predicted octanol–water partition coefficient (Wildman–Crippen LogP) is 3.64. The average molecular weight is 439 g/mol. The van der Waals surface area contributed by atoms with Crippen LogP contribution in [0, 0.1) is 0 Å². The van der Waals surface area contributed by atoms with Crippen molar-refractivity contribution in [1.29, 1.82) is 0 Å². The fourth-order valence-corrected chi connectivity index (χ4v) is 3.94. The summed E-state index contributed by atoms with van der Waals surface area (Å²) in [5, 5.41) is 3.04. The first-order valence-electron chi connectivity index (χ1n) is 9.41. The maximum Gasteiger partial charge on any atom is 0.240 e. The number of para-hydroxylation sites is 1. The zero-order chi connectivity index (χ0) is 21.4. The number of nitrogens with one attached hydrogen (secondary N) is 1. The molecule has 1 amide bonds. The summed E-state index contributed by atoms with van der Waals surface area (Å²) in [5.74, 6) is 0.442. The molecule has 0 radical (unpaired) electrons. The number of hydrogen-bond acceptors (Lipinski definition) is 4. The van der Waals surface area contributed by atoms with E-state index in [1.54, 1.807) is 24.3 Å². The Labute approximate surface area is 177 Å². The van der Waals surface area contributed by atoms with Crippen LogP contribution in [0.1, 0.15) is 25.8 Å². The number of nitrogens with zero attached hydrogens (tertiary/aromatic N) is 1. The van der Waals surface area contributed by atoms with E-state index in [1.807, 2.05) is 38.1 Å². The average Bonchev–Trinajstić information content (AvgIpc) is 2.63. The molecule has 0 aliphatic carbocycles. The third-order valence-electron chi connectivity index (χ3n) is 4.04. The minimum Gasteiger partial charge on any atom is -0.491 e. The zero-order valence-corrected chi connectivity index (χ0v) is 18.5. The van der Waals surface area contributed by atoms with Gasteiger partial charge in [-0.3, -0.25) is 9.10 Å². The Balaban J connectivity index is 1.88. The highest BCUT2D eigenvalue weighted by molar-refractivity contribution is 7.92. The summed E-state index contributed by atoms with van der Waals surface area (Å²) in [7, 11) is -3.65. The number of anilines is 1. The van der Waals surface area contributed by atoms with Gasteiger partial charge >= 0.3 is 0 Å². The minimum absolute atomic E-state index is 0.112. The van der Waals surface area contributed by atoms with Crippen LogP contribution in [0.3, 0.4) is 0 Å². The lowest BCUT2D eigenvalue weighted by Crippen LogP contribution is -2.40. The van der Waals surface area contributed by atoms with Gasteiger partial charge in [0.05, 0.1) is 23.1 Å². The molecule has 0 aromatic heterocycles. The second-order valence-electron chi connectivity index (χ2n) is 6.99. The van der Waals surface area contributed by atoms with Crippen LogP contribution in [0.4, 0.5) is 5.69 Å². The number of hydrogen-bond donors (Lipinski definition) is 1. The number of ether oxygens (including phenoxy) is 1. The molecule has 0 fully saturated rings. The molecule has 6 nitrogen and oxygen atoms in total. The zero-order valence-electron chi connectivity index (χ0n) is 16.9. The van der Waals surface area contributed by atoms with Crippen LogP contribution in [0.5, 0.6) is 5.75 Å². The number of carbonyl (C=O) groups excluding carboxylic acids is 1. The lowest BCUT2D eigenvalue weighted by Gasteiger charge is -2.22. The van der Waals surface area contributed by atoms with E-state index in [9.17, 15) is 13.2 Å². The predicted molar refractivity (Wildman–Crippen MR) is 117 cm³/mol. The summed E-state index contributed by atoms with van der Waals surface area (Å²) in [6.07, 6.45) is 2.66. The SMILES string of the molecule is CC(C)Oc1cccc(CCCNC(=O)CN(c2ccccc2Cl)S(C)(=O)=O)c1. The molecular formula is C21H27ClN2O4S. The third kappa shape index (κ3) is 7.59. The Morgan fingerprint density at radius 2 is 1.90 bits per heavy atom. The maximum absolute atomic E-state index is 12.3. The Morgan fingerprint density at radius 1 is 1.17 bits per heavy atom. The van der Waals surface area contributed by atoms with Crippen LogP contribution < -0.4 is 14.4 Å². The van der Waals surface area contributed by atoms with Crippen molar-refractivity contribution in [3.8, 4) is 5.75 Å². The van der Waals surface area contributed by atoms with E-state index in [0.717, 1.165) is 34.7 Å². The van der Waals surface area contributed by atoms with Gasteiger partial charge in [0.1, 0.15) is 12.3 Å². The molecular weight excluding hydrogens is 412 g/mol. The van der Waals surface area contributed by atoms with Crippen LogP contribution >= 0.6 is 11.6 Å². The Hall–Kier alpha value is -2.25. The number of carbonyl (C=O) groups is 1. The molecule has 158 valence electrons. The smallest absolute Gasteiger partial charge is 0.240 e. The molecule has 29 heavy (non-hydrogen) atoms. The first-order chi connectivity index (χ1) is 13.7. The Kier molecular flexibility index (Phi) is 8.34. The van der Waals surface area contributed by atoms with Gasteiger partial charge in [0, 0.05) is 6.54 Å². The van der Waals surface area contributed by atoms with E-state index >= 15 is 0 Å². The summed E-state index contributed by atoms with van der Waals surface area (Å²) in [4.78, 5) is 12.3. The van der Waals surface area contributed by atoms with Gasteiger partial charge in [-0.25, -0.2) is 8.42 Å². The van der Waals surface area contributed by atoms with E-state index in [-0.39, 0.29) is 29.3 Å². The Morgan fingerprint density at radius 3 is 2.55 bits per heavy atom. The van der Waals surface area contributed by atoms with Crippen molar-refractivity contribution in [2.45, 2.75) is 32.8 Å². The number of halogens is 1. The number of amides is 1. The number of rotatable bonds is 10. The lowest BCUT2D eigenvalue weighted by atomic mass is 10.1. The standard InChI is InChI=1S/C21H27ClN2O4S/c1-16(2)28-18-10-6-8-17(14-18)9-7-13-23-21(25)15-24(29(3,26)27)20-12-5-4-11-19(20)22/h4-6,8,10-12,14,16H,7,9,13,15H2,1-3H3,(H,23,25). The van der Waals surface area contributed by atoms with Crippen molar-refractivity contribution in [2.75, 3.05) is 23.7 Å². The van der Waals surface area contributed by atoms with Gasteiger partial charge in [-0.05, 0) is 56.5 Å². The quantitative estimate of drug-likeness (QED) is 0.574. The molecule has 0 unspecified atom stereocenters. The molecule has 0 saturated heterocycles. The summed E-state index contributed by atoms with van der Waals surface area (Å²) in [6.45, 7) is 4.07. The summed E-state index contributed by atoms with van der Waals surface area (Å²) in [6, 6.07) is 14.4. The van der Waals surface area contributed by atoms with Crippen LogP contribution in [0.15, 0.2) is 48.5 Å². The van der Waals surface area contributed by atoms with E-state index < -0.39 is 10.0 Å². The lowest BCUT2D eigenvalue weighted by molar-refractivity contribution is -0.119. The molecule has 2 rings (SSSR count). The molecule has 2 aromatic carbocycles. The summed E-state index contributed by atoms with van der Waals surface area (Å²) in [5.41, 5.74) is 1.40. The molecule has 8 heteroatoms. The highest BCUT2D eigenvalue weighted by atomic mass is 35.5. The molecule has 2 aromatic rings. The molecule has 0 aliphatic heterocycles. The van der Waals surface area contributed by atoms with Gasteiger partial charge in [-0.15, -0.1) is 0 Å². The maximum atomic E-state index is 12.3. The fourth-order valence-electron chi connectivity index (χ4n) is 2.79. The van der Waals surface area contributed by atoms with Crippen LogP contribution in [-0.4, -0.2) is 39.8 Å². The molecule has 0 atom stereocenters. The molecule has 0 aliphatic rings. The molecule has 1 N–H and O–H groups in total. The van der Waals surface area contributed by atoms with Gasteiger partial charge in [0.25, 0.3) is 0 Å². The Bertz CT molecular complexity index is 932. The second-order valence-corrected chi connectivity index (χ2v) is 9.30. The van der Waals surface area contributed by atoms with Crippen molar-refractivity contribution in [3.05, 3.63) is 59.1 Å². The summed E-state index contributed by atoms with van der Waals surface area (Å²) < 4.78 is 30.9. The van der Waals surface area contributed by atoms with Gasteiger partial charge < -0.3 is 10.1 Å². The van der Waals surface area contributed by atoms with Gasteiger partial charge in [-0.2, -0.15) is 0 Å². The van der Waals surface area contributed by atoms with Crippen LogP contribution in [-0.2, 0) is 21.2 Å². The van der Waals surface area contributed by atoms with Crippen molar-refractivity contribution in [1.82, 2.24) is 5.32 Å². The molecule has 0 saturated carbocycles. The van der Waals surface area contributed by atoms with E-state index in [0.29, 0.717) is 6.54 Å². The van der Waals surface area contributed by atoms with Crippen LogP contribution in [0.25, 0.3) is 0 Å². The topological polar surface area (TPSA) is 75.7 Å². The van der Waals surface area contributed by atoms with Gasteiger partial charge in [-0.1, -0.05) is 35.9 Å². The van der Waals surface area contributed by atoms with E-state index in [2.05, 4.69) is 5.32 Å². The first-order valence-corrected chi connectivity index (χ1v) is 11.6. The highest BCUT2D eigenvalue weighted by Crippen LogP contribution is 2.26. The van der Waals surface area contributed by atoms with Crippen LogP contribution in [0.2, 0.25) is 5.02 Å². The third-order valence-corrected chi connectivity index (χ3v) is 5.49. The van der Waals surface area contributed by atoms with E-state index in [1.165, 1.54) is 0 Å². The van der Waals surface area contributed by atoms with Crippen molar-refractivity contribution in [2.24, 2.45) is 0 Å². The highest BCUT2D eigenvalue weighted by Gasteiger charge is 2.22. The largest absolute Gasteiger partial charge is 0.491 e. The number of benzene rings is 2. The summed E-state index contributed by atoms with van der Waals surface area (Å²) >= 11 is 6.10. The van der Waals surface area contributed by atoms with Gasteiger partial charge in [0.15, 0.2) is 0 Å². The number of aryl methyl sites for hydroxylation is 1. The molecule has 0 heterocycles. The van der Waals surface area contributed by atoms with Gasteiger partial charge in [0.2, 0.25) is 15.9 Å².